The summed E-state index contributed by atoms with van der Waals surface area (Å²) in [4.78, 5) is 32.8. The van der Waals surface area contributed by atoms with Crippen LogP contribution in [-0.4, -0.2) is 51.9 Å². The Morgan fingerprint density at radius 2 is 2.00 bits per heavy atom. The summed E-state index contributed by atoms with van der Waals surface area (Å²) in [6.45, 7) is 6.75. The van der Waals surface area contributed by atoms with E-state index in [1.807, 2.05) is 25.7 Å². The SMILES string of the molecule is CC(C)(C)OC(=O)NC1CCN(c2nccc(C(=O)O)n2)CC1. The van der Waals surface area contributed by atoms with Crippen molar-refractivity contribution in [2.75, 3.05) is 18.0 Å². The number of rotatable bonds is 3. The molecule has 1 aromatic rings. The number of nitrogens with one attached hydrogen (secondary N) is 1. The Labute approximate surface area is 134 Å². The van der Waals surface area contributed by atoms with Crippen LogP contribution in [0.1, 0.15) is 44.1 Å². The molecule has 0 spiro atoms. The minimum Gasteiger partial charge on any atom is -0.477 e. The van der Waals surface area contributed by atoms with E-state index in [1.165, 1.54) is 12.3 Å². The number of carboxylic acids is 1. The molecule has 2 rings (SSSR count). The van der Waals surface area contributed by atoms with Crippen molar-refractivity contribution in [1.82, 2.24) is 15.3 Å². The van der Waals surface area contributed by atoms with E-state index in [2.05, 4.69) is 15.3 Å². The maximum atomic E-state index is 11.8. The number of hydrogen-bond acceptors (Lipinski definition) is 6. The highest BCUT2D eigenvalue weighted by Gasteiger charge is 2.25. The molecule has 0 aromatic carbocycles. The van der Waals surface area contributed by atoms with Crippen molar-refractivity contribution < 1.29 is 19.4 Å². The van der Waals surface area contributed by atoms with Gasteiger partial charge in [-0.1, -0.05) is 0 Å². The molecular weight excluding hydrogens is 300 g/mol. The van der Waals surface area contributed by atoms with Crippen LogP contribution in [0.15, 0.2) is 12.3 Å². The summed E-state index contributed by atoms with van der Waals surface area (Å²) in [6, 6.07) is 1.39. The van der Waals surface area contributed by atoms with Crippen LogP contribution in [0.25, 0.3) is 0 Å². The smallest absolute Gasteiger partial charge is 0.407 e. The molecule has 1 fully saturated rings. The van der Waals surface area contributed by atoms with E-state index in [0.717, 1.165) is 12.8 Å². The third-order valence-electron chi connectivity index (χ3n) is 3.36. The summed E-state index contributed by atoms with van der Waals surface area (Å²) in [5.41, 5.74) is -0.542. The summed E-state index contributed by atoms with van der Waals surface area (Å²) in [5.74, 6) is -0.671. The largest absolute Gasteiger partial charge is 0.477 e. The van der Waals surface area contributed by atoms with Gasteiger partial charge in [0, 0.05) is 25.3 Å². The van der Waals surface area contributed by atoms with Crippen molar-refractivity contribution in [1.29, 1.82) is 0 Å². The molecule has 8 nitrogen and oxygen atoms in total. The lowest BCUT2D eigenvalue weighted by atomic mass is 10.1. The van der Waals surface area contributed by atoms with Crippen LogP contribution < -0.4 is 10.2 Å². The number of aromatic carboxylic acids is 1. The predicted molar refractivity (Wildman–Crippen MR) is 83.6 cm³/mol. The fourth-order valence-electron chi connectivity index (χ4n) is 2.32. The van der Waals surface area contributed by atoms with Crippen LogP contribution in [0.2, 0.25) is 0 Å². The number of anilines is 1. The minimum atomic E-state index is -1.07. The summed E-state index contributed by atoms with van der Waals surface area (Å²) < 4.78 is 5.24. The van der Waals surface area contributed by atoms with E-state index < -0.39 is 17.7 Å². The highest BCUT2D eigenvalue weighted by Crippen LogP contribution is 2.17. The van der Waals surface area contributed by atoms with Gasteiger partial charge in [0.2, 0.25) is 5.95 Å². The molecule has 23 heavy (non-hydrogen) atoms. The van der Waals surface area contributed by atoms with Crippen molar-refractivity contribution in [3.8, 4) is 0 Å². The lowest BCUT2D eigenvalue weighted by Crippen LogP contribution is -2.46. The number of amides is 1. The Kier molecular flexibility index (Phi) is 5.02. The highest BCUT2D eigenvalue weighted by atomic mass is 16.6. The average Bonchev–Trinajstić information content (AvgIpc) is 2.46. The van der Waals surface area contributed by atoms with Gasteiger partial charge in [0.15, 0.2) is 5.69 Å². The Hall–Kier alpha value is -2.38. The number of carbonyl (C=O) groups excluding carboxylic acids is 1. The number of carbonyl (C=O) groups is 2. The molecule has 1 aliphatic rings. The van der Waals surface area contributed by atoms with Gasteiger partial charge in [-0.2, -0.15) is 0 Å². The highest BCUT2D eigenvalue weighted by molar-refractivity contribution is 5.85. The van der Waals surface area contributed by atoms with Gasteiger partial charge in [-0.05, 0) is 39.7 Å². The molecule has 0 unspecified atom stereocenters. The Balaban J connectivity index is 1.88. The van der Waals surface area contributed by atoms with Crippen LogP contribution in [0, 0.1) is 0 Å². The van der Waals surface area contributed by atoms with Gasteiger partial charge >= 0.3 is 12.1 Å². The van der Waals surface area contributed by atoms with Gasteiger partial charge in [-0.25, -0.2) is 19.6 Å². The molecule has 0 atom stereocenters. The van der Waals surface area contributed by atoms with Gasteiger partial charge in [-0.3, -0.25) is 0 Å². The fraction of sp³-hybridized carbons (Fsp3) is 0.600. The molecule has 2 heterocycles. The van der Waals surface area contributed by atoms with Crippen LogP contribution in [0.4, 0.5) is 10.7 Å². The maximum absolute atomic E-state index is 11.8. The van der Waals surface area contributed by atoms with Crippen molar-refractivity contribution >= 4 is 18.0 Å². The Morgan fingerprint density at radius 1 is 1.35 bits per heavy atom. The first-order valence-corrected chi connectivity index (χ1v) is 7.55. The molecule has 0 saturated carbocycles. The van der Waals surface area contributed by atoms with E-state index in [1.54, 1.807) is 0 Å². The van der Waals surface area contributed by atoms with Crippen LogP contribution >= 0.6 is 0 Å². The normalized spacial score (nSPS) is 16.0. The fourth-order valence-corrected chi connectivity index (χ4v) is 2.32. The molecule has 1 aliphatic heterocycles. The summed E-state index contributed by atoms with van der Waals surface area (Å²) in [7, 11) is 0. The van der Waals surface area contributed by atoms with Gasteiger partial charge in [0.25, 0.3) is 0 Å². The average molecular weight is 322 g/mol. The second-order valence-electron chi connectivity index (χ2n) is 6.45. The molecule has 2 N–H and O–H groups in total. The molecule has 0 aliphatic carbocycles. The van der Waals surface area contributed by atoms with Crippen LogP contribution in [0.3, 0.4) is 0 Å². The number of piperidine rings is 1. The summed E-state index contributed by atoms with van der Waals surface area (Å²) >= 11 is 0. The molecule has 126 valence electrons. The third kappa shape index (κ3) is 5.08. The molecular formula is C15H22N4O4. The Morgan fingerprint density at radius 3 is 2.57 bits per heavy atom. The van der Waals surface area contributed by atoms with E-state index in [-0.39, 0.29) is 11.7 Å². The van der Waals surface area contributed by atoms with Crippen molar-refractivity contribution in [3.05, 3.63) is 18.0 Å². The molecule has 8 heteroatoms. The predicted octanol–water partition coefficient (Wildman–Crippen LogP) is 1.67. The van der Waals surface area contributed by atoms with Crippen LogP contribution in [-0.2, 0) is 4.74 Å². The van der Waals surface area contributed by atoms with E-state index >= 15 is 0 Å². The molecule has 0 radical (unpaired) electrons. The molecule has 1 saturated heterocycles. The third-order valence-corrected chi connectivity index (χ3v) is 3.36. The summed E-state index contributed by atoms with van der Waals surface area (Å²) in [5, 5.41) is 11.8. The van der Waals surface area contributed by atoms with Crippen LogP contribution in [0.5, 0.6) is 0 Å². The first-order valence-electron chi connectivity index (χ1n) is 7.55. The number of hydrogen-bond donors (Lipinski definition) is 2. The summed E-state index contributed by atoms with van der Waals surface area (Å²) in [6.07, 6.45) is 2.47. The zero-order chi connectivity index (χ0) is 17.0. The standard InChI is InChI=1S/C15H22N4O4/c1-15(2,3)23-14(22)17-10-5-8-19(9-6-10)13-16-7-4-11(18-13)12(20)21/h4,7,10H,5-6,8-9H2,1-3H3,(H,17,22)(H,20,21). The lowest BCUT2D eigenvalue weighted by Gasteiger charge is -2.32. The number of ether oxygens (including phenoxy) is 1. The molecule has 0 bridgehead atoms. The second-order valence-corrected chi connectivity index (χ2v) is 6.45. The number of aromatic nitrogens is 2. The monoisotopic (exact) mass is 322 g/mol. The van der Waals surface area contributed by atoms with Gasteiger partial charge in [0.05, 0.1) is 0 Å². The Bertz CT molecular complexity index is 577. The van der Waals surface area contributed by atoms with E-state index in [4.69, 9.17) is 9.84 Å². The van der Waals surface area contributed by atoms with E-state index in [0.29, 0.717) is 19.0 Å². The van der Waals surface area contributed by atoms with Crippen molar-refractivity contribution in [3.63, 3.8) is 0 Å². The van der Waals surface area contributed by atoms with E-state index in [9.17, 15) is 9.59 Å². The van der Waals surface area contributed by atoms with Crippen molar-refractivity contribution in [2.45, 2.75) is 45.3 Å². The zero-order valence-electron chi connectivity index (χ0n) is 13.6. The van der Waals surface area contributed by atoms with Crippen molar-refractivity contribution in [2.24, 2.45) is 0 Å². The molecule has 1 aromatic heterocycles. The molecule has 1 amide bonds. The first-order chi connectivity index (χ1) is 10.7. The number of nitrogens with zero attached hydrogens (tertiary/aromatic N) is 3. The zero-order valence-corrected chi connectivity index (χ0v) is 13.6. The van der Waals surface area contributed by atoms with Gasteiger partial charge in [0.1, 0.15) is 5.60 Å². The first kappa shape index (κ1) is 17.0. The number of carboxylic acid groups (broad SMARTS) is 1. The topological polar surface area (TPSA) is 105 Å². The quantitative estimate of drug-likeness (QED) is 0.872. The van der Waals surface area contributed by atoms with Gasteiger partial charge in [-0.15, -0.1) is 0 Å². The number of alkyl carbamates (subject to hydrolysis) is 1. The lowest BCUT2D eigenvalue weighted by molar-refractivity contribution is 0.0496. The maximum Gasteiger partial charge on any atom is 0.407 e. The second kappa shape index (κ2) is 6.80. The minimum absolute atomic E-state index is 0.0241. The van der Waals surface area contributed by atoms with Gasteiger partial charge < -0.3 is 20.1 Å².